The fourth-order valence-electron chi connectivity index (χ4n) is 4.08. The van der Waals surface area contributed by atoms with Crippen LogP contribution >= 0.6 is 0 Å². The van der Waals surface area contributed by atoms with Crippen molar-refractivity contribution in [3.8, 4) is 23.0 Å². The van der Waals surface area contributed by atoms with Gasteiger partial charge in [-0.15, -0.1) is 0 Å². The molecule has 34 heavy (non-hydrogen) atoms. The van der Waals surface area contributed by atoms with Crippen LogP contribution in [0.25, 0.3) is 17.2 Å². The topological polar surface area (TPSA) is 92.1 Å². The van der Waals surface area contributed by atoms with Crippen LogP contribution in [-0.2, 0) is 4.79 Å². The van der Waals surface area contributed by atoms with Gasteiger partial charge in [0.15, 0.2) is 11.5 Å². The van der Waals surface area contributed by atoms with E-state index in [1.807, 2.05) is 43.3 Å². The lowest BCUT2D eigenvalue weighted by molar-refractivity contribution is -0.115. The van der Waals surface area contributed by atoms with Crippen LogP contribution in [0.4, 0.5) is 6.01 Å². The molecule has 4 rings (SSSR count). The van der Waals surface area contributed by atoms with Crippen molar-refractivity contribution in [2.45, 2.75) is 13.3 Å². The lowest BCUT2D eigenvalue weighted by Gasteiger charge is -2.13. The Hall–Kier alpha value is -4.20. The van der Waals surface area contributed by atoms with Gasteiger partial charge in [0.25, 0.3) is 0 Å². The molecule has 1 aliphatic carbocycles. The highest BCUT2D eigenvalue weighted by molar-refractivity contribution is 6.09. The van der Waals surface area contributed by atoms with Crippen molar-refractivity contribution in [3.63, 3.8) is 0 Å². The van der Waals surface area contributed by atoms with Crippen LogP contribution in [0.2, 0.25) is 0 Å². The van der Waals surface area contributed by atoms with Crippen molar-refractivity contribution in [1.29, 1.82) is 0 Å². The molecule has 0 saturated heterocycles. The molecule has 1 aliphatic rings. The van der Waals surface area contributed by atoms with Crippen molar-refractivity contribution >= 4 is 29.1 Å². The van der Waals surface area contributed by atoms with Gasteiger partial charge in [-0.05, 0) is 70.7 Å². The van der Waals surface area contributed by atoms with Crippen molar-refractivity contribution in [3.05, 3.63) is 65.1 Å². The highest BCUT2D eigenvalue weighted by atomic mass is 16.5. The van der Waals surface area contributed by atoms with E-state index in [1.54, 1.807) is 28.4 Å². The van der Waals surface area contributed by atoms with Gasteiger partial charge < -0.3 is 23.4 Å². The maximum Gasteiger partial charge on any atom is 0.301 e. The van der Waals surface area contributed by atoms with E-state index < -0.39 is 0 Å². The fourth-order valence-corrected chi connectivity index (χ4v) is 4.08. The Labute approximate surface area is 197 Å². The molecule has 1 heterocycles. The molecule has 1 amide bonds. The molecule has 0 unspecified atom stereocenters. The van der Waals surface area contributed by atoms with Gasteiger partial charge in [0.05, 0.1) is 41.1 Å². The van der Waals surface area contributed by atoms with Crippen molar-refractivity contribution in [2.24, 2.45) is 0 Å². The van der Waals surface area contributed by atoms with Gasteiger partial charge in [0.2, 0.25) is 11.7 Å². The van der Waals surface area contributed by atoms with Gasteiger partial charge in [-0.2, -0.15) is 0 Å². The number of anilines is 1. The van der Waals surface area contributed by atoms with E-state index in [-0.39, 0.29) is 18.3 Å². The first-order chi connectivity index (χ1) is 16.5. The molecule has 3 aromatic rings. The minimum Gasteiger partial charge on any atom is -0.497 e. The van der Waals surface area contributed by atoms with Gasteiger partial charge >= 0.3 is 6.01 Å². The minimum absolute atomic E-state index is 0.154. The first kappa shape index (κ1) is 23.0. The summed E-state index contributed by atoms with van der Waals surface area (Å²) < 4.78 is 27.0. The van der Waals surface area contributed by atoms with Crippen molar-refractivity contribution < 1.29 is 28.2 Å². The summed E-state index contributed by atoms with van der Waals surface area (Å²) in [7, 11) is 6.36. The first-order valence-electron chi connectivity index (χ1n) is 10.6. The Bertz CT molecular complexity index is 1250. The zero-order valence-electron chi connectivity index (χ0n) is 19.7. The number of carbonyl (C=O) groups is 1. The molecule has 2 aromatic carbocycles. The quantitative estimate of drug-likeness (QED) is 0.500. The van der Waals surface area contributed by atoms with Crippen molar-refractivity contribution in [2.75, 3.05) is 33.8 Å². The highest BCUT2D eigenvalue weighted by Gasteiger charge is 2.26. The van der Waals surface area contributed by atoms with E-state index in [2.05, 4.69) is 10.3 Å². The number of carbonyl (C=O) groups excluding carboxylic acids is 1. The largest absolute Gasteiger partial charge is 0.497 e. The van der Waals surface area contributed by atoms with Gasteiger partial charge in [0.1, 0.15) is 12.0 Å². The average Bonchev–Trinajstić information content (AvgIpc) is 3.45. The summed E-state index contributed by atoms with van der Waals surface area (Å²) in [6, 6.07) is 9.80. The van der Waals surface area contributed by atoms with E-state index >= 15 is 0 Å². The Morgan fingerprint density at radius 2 is 1.74 bits per heavy atom. The molecule has 0 radical (unpaired) electrons. The number of methoxy groups -OCH3 is 4. The highest BCUT2D eigenvalue weighted by Crippen LogP contribution is 2.46. The summed E-state index contributed by atoms with van der Waals surface area (Å²) in [5.41, 5.74) is 5.70. The number of hydrogen-bond donors (Lipinski definition) is 1. The number of nitrogens with zero attached hydrogens (tertiary/aromatic N) is 1. The summed E-state index contributed by atoms with van der Waals surface area (Å²) in [6.07, 6.45) is 5.09. The standard InChI is InChI=1S/C26H26N2O6/c1-15-19(10-16-11-22(31-3)25(33-5)23(12-16)32-4)18-7-6-17(30-2)13-21(18)20(15)14-24(29)28-26-27-8-9-34-26/h6-13H,14H2,1-5H3,(H,27,28,29)/b19-10-. The number of amides is 1. The molecule has 176 valence electrons. The molecule has 0 fully saturated rings. The molecule has 0 atom stereocenters. The van der Waals surface area contributed by atoms with Crippen LogP contribution in [-0.4, -0.2) is 39.3 Å². The Balaban J connectivity index is 1.78. The van der Waals surface area contributed by atoms with Gasteiger partial charge in [-0.3, -0.25) is 10.1 Å². The normalized spacial score (nSPS) is 13.6. The summed E-state index contributed by atoms with van der Waals surface area (Å²) in [6.45, 7) is 2.00. The molecule has 1 N–H and O–H groups in total. The second kappa shape index (κ2) is 9.74. The second-order valence-corrected chi connectivity index (χ2v) is 7.59. The van der Waals surface area contributed by atoms with E-state index in [0.717, 1.165) is 33.4 Å². The second-order valence-electron chi connectivity index (χ2n) is 7.59. The number of ether oxygens (including phenoxy) is 4. The molecule has 0 spiro atoms. The van der Waals surface area contributed by atoms with Gasteiger partial charge in [-0.25, -0.2) is 4.98 Å². The number of hydrogen-bond acceptors (Lipinski definition) is 7. The Morgan fingerprint density at radius 3 is 2.32 bits per heavy atom. The molecule has 0 aliphatic heterocycles. The zero-order valence-corrected chi connectivity index (χ0v) is 19.7. The summed E-state index contributed by atoms with van der Waals surface area (Å²) in [5.74, 6) is 2.15. The van der Waals surface area contributed by atoms with Crippen LogP contribution in [0.5, 0.6) is 23.0 Å². The SMILES string of the molecule is COc1ccc2c(c1)C(CC(=O)Nc1ncco1)=C(C)/C2=C/c1cc(OC)c(OC)c(OC)c1. The Morgan fingerprint density at radius 1 is 1.00 bits per heavy atom. The number of aromatic nitrogens is 1. The third kappa shape index (κ3) is 4.34. The average molecular weight is 463 g/mol. The smallest absolute Gasteiger partial charge is 0.301 e. The molecule has 0 bridgehead atoms. The van der Waals surface area contributed by atoms with E-state index in [1.165, 1.54) is 12.5 Å². The predicted octanol–water partition coefficient (Wildman–Crippen LogP) is 5.07. The molecule has 0 saturated carbocycles. The number of nitrogens with one attached hydrogen (secondary N) is 1. The number of fused-ring (bicyclic) bond motifs is 1. The zero-order chi connectivity index (χ0) is 24.2. The van der Waals surface area contributed by atoms with Crippen LogP contribution in [0.15, 0.2) is 52.8 Å². The number of oxazole rings is 1. The van der Waals surface area contributed by atoms with Gasteiger partial charge in [-0.1, -0.05) is 6.07 Å². The first-order valence-corrected chi connectivity index (χ1v) is 10.6. The number of allylic oxidation sites excluding steroid dienone is 2. The molecule has 1 aromatic heterocycles. The fraction of sp³-hybridized carbons (Fsp3) is 0.231. The minimum atomic E-state index is -0.223. The third-order valence-electron chi connectivity index (χ3n) is 5.71. The van der Waals surface area contributed by atoms with Crippen LogP contribution < -0.4 is 24.3 Å². The molecule has 8 nitrogen and oxygen atoms in total. The molecule has 8 heteroatoms. The third-order valence-corrected chi connectivity index (χ3v) is 5.71. The molecular weight excluding hydrogens is 436 g/mol. The number of benzene rings is 2. The summed E-state index contributed by atoms with van der Waals surface area (Å²) >= 11 is 0. The van der Waals surface area contributed by atoms with E-state index in [0.29, 0.717) is 23.0 Å². The lowest BCUT2D eigenvalue weighted by Crippen LogP contribution is -2.12. The van der Waals surface area contributed by atoms with Crippen LogP contribution in [0.1, 0.15) is 30.0 Å². The van der Waals surface area contributed by atoms with Gasteiger partial charge in [0, 0.05) is 0 Å². The monoisotopic (exact) mass is 462 g/mol. The lowest BCUT2D eigenvalue weighted by atomic mass is 10.00. The summed E-state index contributed by atoms with van der Waals surface area (Å²) in [5, 5.41) is 2.69. The maximum atomic E-state index is 12.7. The van der Waals surface area contributed by atoms with E-state index in [4.69, 9.17) is 23.4 Å². The Kier molecular flexibility index (Phi) is 6.58. The molecular formula is C26H26N2O6. The van der Waals surface area contributed by atoms with Crippen LogP contribution in [0, 0.1) is 0 Å². The van der Waals surface area contributed by atoms with Crippen LogP contribution in [0.3, 0.4) is 0 Å². The van der Waals surface area contributed by atoms with E-state index in [9.17, 15) is 4.79 Å². The predicted molar refractivity (Wildman–Crippen MR) is 129 cm³/mol. The van der Waals surface area contributed by atoms with Crippen molar-refractivity contribution in [1.82, 2.24) is 4.98 Å². The number of rotatable bonds is 8. The maximum absolute atomic E-state index is 12.7. The summed E-state index contributed by atoms with van der Waals surface area (Å²) in [4.78, 5) is 16.7.